The van der Waals surface area contributed by atoms with Crippen molar-refractivity contribution in [2.45, 2.75) is 52.0 Å². The maximum absolute atomic E-state index is 4.25. The standard InChI is InChI=1S/C14H24N4/c1-11(2)18-14-9-13(16-10-17-14)15-8-7-12-5-3-4-6-12/h9-12H,3-8H2,1-2H3,(H2,15,16,17,18). The highest BCUT2D eigenvalue weighted by atomic mass is 15.1. The molecule has 0 aromatic carbocycles. The van der Waals surface area contributed by atoms with Crippen LogP contribution in [-0.4, -0.2) is 22.6 Å². The molecule has 18 heavy (non-hydrogen) atoms. The van der Waals surface area contributed by atoms with E-state index >= 15 is 0 Å². The zero-order valence-corrected chi connectivity index (χ0v) is 11.4. The molecule has 1 aliphatic carbocycles. The van der Waals surface area contributed by atoms with Crippen molar-refractivity contribution in [3.63, 3.8) is 0 Å². The van der Waals surface area contributed by atoms with Gasteiger partial charge < -0.3 is 10.6 Å². The maximum atomic E-state index is 4.25. The van der Waals surface area contributed by atoms with Gasteiger partial charge in [0, 0.05) is 18.7 Å². The second-order valence-corrected chi connectivity index (χ2v) is 5.45. The summed E-state index contributed by atoms with van der Waals surface area (Å²) in [5.74, 6) is 2.74. The number of aromatic nitrogens is 2. The maximum Gasteiger partial charge on any atom is 0.131 e. The Balaban J connectivity index is 1.77. The summed E-state index contributed by atoms with van der Waals surface area (Å²) in [4.78, 5) is 8.45. The second kappa shape index (κ2) is 6.57. The zero-order chi connectivity index (χ0) is 12.8. The fourth-order valence-electron chi connectivity index (χ4n) is 2.53. The van der Waals surface area contributed by atoms with Crippen molar-refractivity contribution in [2.24, 2.45) is 5.92 Å². The van der Waals surface area contributed by atoms with E-state index in [9.17, 15) is 0 Å². The first-order valence-corrected chi connectivity index (χ1v) is 7.06. The normalized spacial score (nSPS) is 16.2. The van der Waals surface area contributed by atoms with E-state index in [2.05, 4.69) is 34.4 Å². The van der Waals surface area contributed by atoms with Gasteiger partial charge in [-0.25, -0.2) is 9.97 Å². The van der Waals surface area contributed by atoms with Crippen LogP contribution in [0.25, 0.3) is 0 Å². The highest BCUT2D eigenvalue weighted by molar-refractivity contribution is 5.46. The molecule has 0 unspecified atom stereocenters. The lowest BCUT2D eigenvalue weighted by atomic mass is 10.0. The summed E-state index contributed by atoms with van der Waals surface area (Å²) in [5, 5.41) is 6.68. The smallest absolute Gasteiger partial charge is 0.131 e. The van der Waals surface area contributed by atoms with Crippen molar-refractivity contribution in [3.05, 3.63) is 12.4 Å². The molecule has 2 rings (SSSR count). The average molecular weight is 248 g/mol. The van der Waals surface area contributed by atoms with Gasteiger partial charge in [-0.1, -0.05) is 25.7 Å². The Bertz CT molecular complexity index is 359. The van der Waals surface area contributed by atoms with Crippen LogP contribution in [0.4, 0.5) is 11.6 Å². The molecule has 0 amide bonds. The van der Waals surface area contributed by atoms with Crippen LogP contribution >= 0.6 is 0 Å². The van der Waals surface area contributed by atoms with Gasteiger partial charge in [-0.2, -0.15) is 0 Å². The summed E-state index contributed by atoms with van der Waals surface area (Å²) < 4.78 is 0. The molecule has 1 aliphatic rings. The molecule has 0 aliphatic heterocycles. The number of nitrogens with one attached hydrogen (secondary N) is 2. The summed E-state index contributed by atoms with van der Waals surface area (Å²) in [6.45, 7) is 5.23. The first-order chi connectivity index (χ1) is 8.74. The van der Waals surface area contributed by atoms with Crippen molar-refractivity contribution in [3.8, 4) is 0 Å². The van der Waals surface area contributed by atoms with Crippen LogP contribution in [-0.2, 0) is 0 Å². The molecule has 4 nitrogen and oxygen atoms in total. The molecule has 2 N–H and O–H groups in total. The van der Waals surface area contributed by atoms with E-state index in [0.717, 1.165) is 24.1 Å². The number of hydrogen-bond donors (Lipinski definition) is 2. The van der Waals surface area contributed by atoms with E-state index in [1.54, 1.807) is 6.33 Å². The van der Waals surface area contributed by atoms with Crippen LogP contribution in [0.5, 0.6) is 0 Å². The molecule has 1 fully saturated rings. The Labute approximate surface area is 110 Å². The molecule has 0 radical (unpaired) electrons. The van der Waals surface area contributed by atoms with Crippen LogP contribution in [0.1, 0.15) is 46.0 Å². The highest BCUT2D eigenvalue weighted by Crippen LogP contribution is 2.27. The predicted octanol–water partition coefficient (Wildman–Crippen LogP) is 3.29. The molecular weight excluding hydrogens is 224 g/mol. The monoisotopic (exact) mass is 248 g/mol. The average Bonchev–Trinajstić information content (AvgIpc) is 2.82. The van der Waals surface area contributed by atoms with E-state index < -0.39 is 0 Å². The lowest BCUT2D eigenvalue weighted by Crippen LogP contribution is -2.12. The molecule has 0 saturated heterocycles. The Kier molecular flexibility index (Phi) is 4.79. The third kappa shape index (κ3) is 4.17. The fourth-order valence-corrected chi connectivity index (χ4v) is 2.53. The van der Waals surface area contributed by atoms with Gasteiger partial charge in [0.05, 0.1) is 0 Å². The lowest BCUT2D eigenvalue weighted by molar-refractivity contribution is 0.518. The molecule has 0 bridgehead atoms. The molecular formula is C14H24N4. The van der Waals surface area contributed by atoms with Crippen molar-refractivity contribution in [2.75, 3.05) is 17.2 Å². The van der Waals surface area contributed by atoms with Crippen molar-refractivity contribution in [1.29, 1.82) is 0 Å². The van der Waals surface area contributed by atoms with Gasteiger partial charge >= 0.3 is 0 Å². The SMILES string of the molecule is CC(C)Nc1cc(NCCC2CCCC2)ncn1. The van der Waals surface area contributed by atoms with Crippen LogP contribution < -0.4 is 10.6 Å². The minimum Gasteiger partial charge on any atom is -0.370 e. The first kappa shape index (κ1) is 13.1. The van der Waals surface area contributed by atoms with Gasteiger partial charge in [0.15, 0.2) is 0 Å². The molecule has 0 atom stereocenters. The molecule has 1 saturated carbocycles. The minimum absolute atomic E-state index is 0.395. The highest BCUT2D eigenvalue weighted by Gasteiger charge is 2.14. The van der Waals surface area contributed by atoms with Gasteiger partial charge in [0.2, 0.25) is 0 Å². The Morgan fingerprint density at radius 3 is 2.67 bits per heavy atom. The van der Waals surface area contributed by atoms with Crippen molar-refractivity contribution in [1.82, 2.24) is 9.97 Å². The summed E-state index contributed by atoms with van der Waals surface area (Å²) in [5.41, 5.74) is 0. The van der Waals surface area contributed by atoms with Crippen molar-refractivity contribution < 1.29 is 0 Å². The fraction of sp³-hybridized carbons (Fsp3) is 0.714. The number of nitrogens with zero attached hydrogens (tertiary/aromatic N) is 2. The summed E-state index contributed by atoms with van der Waals surface area (Å²) in [6, 6.07) is 2.38. The minimum atomic E-state index is 0.395. The van der Waals surface area contributed by atoms with Gasteiger partial charge in [-0.15, -0.1) is 0 Å². The lowest BCUT2D eigenvalue weighted by Gasteiger charge is -2.12. The van der Waals surface area contributed by atoms with Crippen LogP contribution in [0.3, 0.4) is 0 Å². The first-order valence-electron chi connectivity index (χ1n) is 7.06. The molecule has 1 heterocycles. The molecule has 0 spiro atoms. The summed E-state index contributed by atoms with van der Waals surface area (Å²) in [6.07, 6.45) is 8.53. The number of anilines is 2. The molecule has 1 aromatic heterocycles. The van der Waals surface area contributed by atoms with E-state index in [4.69, 9.17) is 0 Å². The third-order valence-corrected chi connectivity index (χ3v) is 3.44. The topological polar surface area (TPSA) is 49.8 Å². The van der Waals surface area contributed by atoms with Gasteiger partial charge in [0.25, 0.3) is 0 Å². The van der Waals surface area contributed by atoms with Gasteiger partial charge in [0.1, 0.15) is 18.0 Å². The Morgan fingerprint density at radius 1 is 1.22 bits per heavy atom. The predicted molar refractivity (Wildman–Crippen MR) is 75.9 cm³/mol. The molecule has 1 aromatic rings. The Hall–Kier alpha value is -1.32. The Morgan fingerprint density at radius 2 is 1.94 bits per heavy atom. The van der Waals surface area contributed by atoms with E-state index in [1.165, 1.54) is 32.1 Å². The summed E-state index contributed by atoms with van der Waals surface area (Å²) in [7, 11) is 0. The van der Waals surface area contributed by atoms with E-state index in [1.807, 2.05) is 6.07 Å². The zero-order valence-electron chi connectivity index (χ0n) is 11.4. The van der Waals surface area contributed by atoms with Crippen LogP contribution in [0.15, 0.2) is 12.4 Å². The van der Waals surface area contributed by atoms with Gasteiger partial charge in [-0.05, 0) is 26.2 Å². The third-order valence-electron chi connectivity index (χ3n) is 3.44. The van der Waals surface area contributed by atoms with Crippen molar-refractivity contribution >= 4 is 11.6 Å². The van der Waals surface area contributed by atoms with Gasteiger partial charge in [-0.3, -0.25) is 0 Å². The van der Waals surface area contributed by atoms with E-state index in [0.29, 0.717) is 6.04 Å². The number of rotatable bonds is 6. The second-order valence-electron chi connectivity index (χ2n) is 5.45. The quantitative estimate of drug-likeness (QED) is 0.811. The molecule has 100 valence electrons. The van der Waals surface area contributed by atoms with Crippen LogP contribution in [0, 0.1) is 5.92 Å². The van der Waals surface area contributed by atoms with Crippen LogP contribution in [0.2, 0.25) is 0 Å². The molecule has 4 heteroatoms. The number of hydrogen-bond acceptors (Lipinski definition) is 4. The largest absolute Gasteiger partial charge is 0.370 e. The summed E-state index contributed by atoms with van der Waals surface area (Å²) >= 11 is 0. The van der Waals surface area contributed by atoms with E-state index in [-0.39, 0.29) is 0 Å².